The third-order valence-corrected chi connectivity index (χ3v) is 11.6. The van der Waals surface area contributed by atoms with E-state index in [0.717, 1.165) is 12.0 Å². The smallest absolute Gasteiger partial charge is 0.0719 e. The molecule has 286 valence electrons. The molecule has 9 rings (SSSR count). The van der Waals surface area contributed by atoms with Crippen LogP contribution in [0.2, 0.25) is 0 Å². The first-order chi connectivity index (χ1) is 29.7. The standard InChI is InChI=1S/C60H46/c1-2-3-4-8-27-50-28-18-19-35-57(50)60(54-32-12-7-13-33-54)58-36-20-17-26-48(25-11-6-14-34-55(58)56-43-52-29-15-16-30-53(52)44-59(56)60)51-31-21-22-46(42-51)41-45-37-39-49(40-38-45)47-23-9-5-10-24-47/h2-40,42-44H,1,41H2/b4-3-,11-6?,14-6?,20-17?,25-11?,26-17?,27-8-,34-14?,36-20?,48-25?,48-26?,55-34?,58-36?. The molecule has 0 aliphatic heterocycles. The van der Waals surface area contributed by atoms with Crippen molar-refractivity contribution < 1.29 is 0 Å². The van der Waals surface area contributed by atoms with Crippen LogP contribution in [0.4, 0.5) is 0 Å². The summed E-state index contributed by atoms with van der Waals surface area (Å²) in [4.78, 5) is 0. The molecule has 0 bridgehead atoms. The second-order valence-corrected chi connectivity index (χ2v) is 15.3. The number of allylic oxidation sites excluding steroid dienone is 16. The topological polar surface area (TPSA) is 0 Å². The maximum absolute atomic E-state index is 3.87. The highest BCUT2D eigenvalue weighted by molar-refractivity contribution is 5.98. The molecule has 0 fully saturated rings. The molecule has 0 saturated heterocycles. The van der Waals surface area contributed by atoms with E-state index in [4.69, 9.17) is 0 Å². The Bertz CT molecular complexity index is 2920. The van der Waals surface area contributed by atoms with Crippen LogP contribution in [-0.4, -0.2) is 0 Å². The molecule has 0 radical (unpaired) electrons. The molecule has 0 nitrogen and oxygen atoms in total. The van der Waals surface area contributed by atoms with Crippen molar-refractivity contribution in [2.24, 2.45) is 0 Å². The molecule has 60 heavy (non-hydrogen) atoms. The summed E-state index contributed by atoms with van der Waals surface area (Å²) in [6, 6.07) is 61.9. The number of hydrogen-bond donors (Lipinski definition) is 0. The number of fused-ring (bicyclic) bond motifs is 3. The van der Waals surface area contributed by atoms with Gasteiger partial charge in [0.2, 0.25) is 0 Å². The Morgan fingerprint density at radius 3 is 1.97 bits per heavy atom. The van der Waals surface area contributed by atoms with Gasteiger partial charge in [-0.15, -0.1) is 0 Å². The summed E-state index contributed by atoms with van der Waals surface area (Å²) in [5.74, 6) is 0. The van der Waals surface area contributed by atoms with Crippen molar-refractivity contribution >= 4 is 28.0 Å². The van der Waals surface area contributed by atoms with Gasteiger partial charge in [-0.05, 0) is 102 Å². The van der Waals surface area contributed by atoms with E-state index in [2.05, 4.69) is 243 Å². The van der Waals surface area contributed by atoms with Gasteiger partial charge in [0.1, 0.15) is 0 Å². The van der Waals surface area contributed by atoms with E-state index in [1.807, 2.05) is 18.2 Å². The highest BCUT2D eigenvalue weighted by Crippen LogP contribution is 2.57. The predicted octanol–water partition coefficient (Wildman–Crippen LogP) is 15.3. The lowest BCUT2D eigenvalue weighted by Gasteiger charge is -2.36. The van der Waals surface area contributed by atoms with Gasteiger partial charge in [0.25, 0.3) is 0 Å². The summed E-state index contributed by atoms with van der Waals surface area (Å²) in [6.07, 6.45) is 31.1. The third-order valence-electron chi connectivity index (χ3n) is 11.6. The molecule has 7 aromatic rings. The van der Waals surface area contributed by atoms with E-state index in [0.29, 0.717) is 0 Å². The number of benzene rings is 7. The van der Waals surface area contributed by atoms with Gasteiger partial charge in [0.05, 0.1) is 5.41 Å². The van der Waals surface area contributed by atoms with Gasteiger partial charge in [0, 0.05) is 0 Å². The molecule has 0 heterocycles. The van der Waals surface area contributed by atoms with Crippen LogP contribution in [0.3, 0.4) is 0 Å². The zero-order chi connectivity index (χ0) is 40.6. The molecule has 1 atom stereocenters. The van der Waals surface area contributed by atoms with Gasteiger partial charge in [-0.3, -0.25) is 0 Å². The van der Waals surface area contributed by atoms with E-state index in [1.54, 1.807) is 0 Å². The molecule has 0 heteroatoms. The average molecular weight is 767 g/mol. The van der Waals surface area contributed by atoms with Gasteiger partial charge in [-0.25, -0.2) is 0 Å². The summed E-state index contributed by atoms with van der Waals surface area (Å²) >= 11 is 0. The molecule has 0 spiro atoms. The quantitative estimate of drug-likeness (QED) is 0.128. The van der Waals surface area contributed by atoms with Crippen molar-refractivity contribution in [2.75, 3.05) is 0 Å². The molecule has 0 amide bonds. The fraction of sp³-hybridized carbons (Fsp3) is 0.0333. The first kappa shape index (κ1) is 38.0. The van der Waals surface area contributed by atoms with Gasteiger partial charge < -0.3 is 0 Å². The van der Waals surface area contributed by atoms with E-state index in [1.165, 1.54) is 77.6 Å². The zero-order valence-electron chi connectivity index (χ0n) is 33.7. The van der Waals surface area contributed by atoms with Gasteiger partial charge in [0.15, 0.2) is 0 Å². The second-order valence-electron chi connectivity index (χ2n) is 15.3. The highest BCUT2D eigenvalue weighted by Gasteiger charge is 2.47. The van der Waals surface area contributed by atoms with Crippen LogP contribution in [-0.2, 0) is 11.8 Å². The van der Waals surface area contributed by atoms with Crippen molar-refractivity contribution in [1.29, 1.82) is 0 Å². The first-order valence-electron chi connectivity index (χ1n) is 20.7. The Morgan fingerprint density at radius 1 is 0.467 bits per heavy atom. The minimum Gasteiger partial charge on any atom is -0.0991 e. The largest absolute Gasteiger partial charge is 0.0991 e. The van der Waals surface area contributed by atoms with Crippen LogP contribution in [0.1, 0.15) is 44.5 Å². The number of hydrogen-bond acceptors (Lipinski definition) is 0. The van der Waals surface area contributed by atoms with Gasteiger partial charge in [-0.1, -0.05) is 249 Å². The van der Waals surface area contributed by atoms with Crippen LogP contribution in [0.15, 0.2) is 261 Å². The lowest BCUT2D eigenvalue weighted by Crippen LogP contribution is -2.30. The molecule has 0 saturated carbocycles. The molecule has 0 aromatic heterocycles. The minimum atomic E-state index is -0.603. The summed E-state index contributed by atoms with van der Waals surface area (Å²) < 4.78 is 0. The third kappa shape index (κ3) is 7.60. The lowest BCUT2D eigenvalue weighted by atomic mass is 9.65. The van der Waals surface area contributed by atoms with E-state index in [9.17, 15) is 0 Å². The van der Waals surface area contributed by atoms with Gasteiger partial charge >= 0.3 is 0 Å². The van der Waals surface area contributed by atoms with Crippen molar-refractivity contribution in [2.45, 2.75) is 11.8 Å². The summed E-state index contributed by atoms with van der Waals surface area (Å²) in [7, 11) is 0. The number of rotatable bonds is 9. The normalized spacial score (nSPS) is 16.2. The van der Waals surface area contributed by atoms with Crippen molar-refractivity contribution in [3.8, 4) is 11.1 Å². The molecule has 1 unspecified atom stereocenters. The van der Waals surface area contributed by atoms with Crippen molar-refractivity contribution in [3.63, 3.8) is 0 Å². The highest BCUT2D eigenvalue weighted by atomic mass is 14.5. The van der Waals surface area contributed by atoms with E-state index >= 15 is 0 Å². The molecule has 2 aliphatic rings. The Labute approximate surface area is 354 Å². The Hall–Kier alpha value is -7.54. The lowest BCUT2D eigenvalue weighted by molar-refractivity contribution is 0.760. The Morgan fingerprint density at radius 2 is 1.15 bits per heavy atom. The molecule has 2 aliphatic carbocycles. The summed E-state index contributed by atoms with van der Waals surface area (Å²) in [6.45, 7) is 3.87. The molecule has 7 aromatic carbocycles. The fourth-order valence-electron chi connectivity index (χ4n) is 8.87. The summed E-state index contributed by atoms with van der Waals surface area (Å²) in [5.41, 5.74) is 15.4. The maximum Gasteiger partial charge on any atom is 0.0719 e. The fourth-order valence-corrected chi connectivity index (χ4v) is 8.87. The van der Waals surface area contributed by atoms with Crippen molar-refractivity contribution in [3.05, 3.63) is 306 Å². The first-order valence-corrected chi connectivity index (χ1v) is 20.7. The second kappa shape index (κ2) is 17.5. The van der Waals surface area contributed by atoms with E-state index in [-0.39, 0.29) is 0 Å². The van der Waals surface area contributed by atoms with Crippen LogP contribution < -0.4 is 0 Å². The zero-order valence-corrected chi connectivity index (χ0v) is 33.7. The molecule has 0 N–H and O–H groups in total. The maximum atomic E-state index is 3.87. The Kier molecular flexibility index (Phi) is 11.1. The van der Waals surface area contributed by atoms with Crippen LogP contribution in [0.25, 0.3) is 39.1 Å². The van der Waals surface area contributed by atoms with Crippen molar-refractivity contribution in [1.82, 2.24) is 0 Å². The van der Waals surface area contributed by atoms with Crippen LogP contribution in [0.5, 0.6) is 0 Å². The Balaban J connectivity index is 1.14. The van der Waals surface area contributed by atoms with E-state index < -0.39 is 5.41 Å². The summed E-state index contributed by atoms with van der Waals surface area (Å²) in [5, 5.41) is 2.46. The monoisotopic (exact) mass is 766 g/mol. The molecular weight excluding hydrogens is 721 g/mol. The SMILES string of the molecule is C=C/C=C\C=C/c1ccccc1C1(c2ccccc2)C2=C(C=CC=CC=C(c3cccc(Cc4ccc(-c5ccccc5)cc4)c3)C=CC=C2)c2cc3ccccc3cc21. The predicted molar refractivity (Wildman–Crippen MR) is 258 cm³/mol. The average Bonchev–Trinajstić information content (AvgIpc) is 3.56. The van der Waals surface area contributed by atoms with Gasteiger partial charge in [-0.2, -0.15) is 0 Å². The molecular formula is C60H46. The van der Waals surface area contributed by atoms with Crippen LogP contribution in [0, 0.1) is 0 Å². The van der Waals surface area contributed by atoms with Crippen LogP contribution >= 0.6 is 0 Å². The minimum absolute atomic E-state index is 0.603.